The van der Waals surface area contributed by atoms with Crippen LogP contribution in [0.4, 0.5) is 10.1 Å². The lowest BCUT2D eigenvalue weighted by Crippen LogP contribution is -2.08. The molecule has 0 spiro atoms. The van der Waals surface area contributed by atoms with Crippen LogP contribution < -0.4 is 5.73 Å². The number of esters is 1. The van der Waals surface area contributed by atoms with E-state index in [9.17, 15) is 9.18 Å². The molecule has 0 aliphatic rings. The van der Waals surface area contributed by atoms with E-state index in [2.05, 4.69) is 0 Å². The molecule has 2 aromatic rings. The van der Waals surface area contributed by atoms with Crippen LogP contribution >= 0.6 is 11.6 Å². The molecule has 98 valence electrons. The standard InChI is InChI=1S/C14H11ClFNO2/c15-10-3-6-12(13(17)7-10)14(18)19-8-9-1-4-11(16)5-2-9/h1-7H,8,17H2. The molecular formula is C14H11ClFNO2. The Hall–Kier alpha value is -2.07. The Balaban J connectivity index is 2.03. The fourth-order valence-electron chi connectivity index (χ4n) is 1.53. The van der Waals surface area contributed by atoms with E-state index >= 15 is 0 Å². The van der Waals surface area contributed by atoms with Crippen molar-refractivity contribution < 1.29 is 13.9 Å². The molecule has 0 aromatic heterocycles. The molecule has 0 fully saturated rings. The van der Waals surface area contributed by atoms with E-state index in [-0.39, 0.29) is 23.7 Å². The molecule has 0 unspecified atom stereocenters. The zero-order valence-corrected chi connectivity index (χ0v) is 10.7. The lowest BCUT2D eigenvalue weighted by molar-refractivity contribution is 0.0474. The maximum absolute atomic E-state index is 12.7. The number of carbonyl (C=O) groups is 1. The van der Waals surface area contributed by atoms with Gasteiger partial charge in [-0.3, -0.25) is 0 Å². The second-order valence-corrected chi connectivity index (χ2v) is 4.37. The van der Waals surface area contributed by atoms with Gasteiger partial charge in [0.05, 0.1) is 5.56 Å². The zero-order valence-electron chi connectivity index (χ0n) is 9.90. The van der Waals surface area contributed by atoms with Gasteiger partial charge in [0.2, 0.25) is 0 Å². The Kier molecular flexibility index (Phi) is 4.02. The Bertz CT molecular complexity index is 599. The molecule has 0 saturated heterocycles. The van der Waals surface area contributed by atoms with Crippen LogP contribution in [-0.4, -0.2) is 5.97 Å². The smallest absolute Gasteiger partial charge is 0.340 e. The Morgan fingerprint density at radius 3 is 2.53 bits per heavy atom. The summed E-state index contributed by atoms with van der Waals surface area (Å²) < 4.78 is 17.8. The van der Waals surface area contributed by atoms with Gasteiger partial charge >= 0.3 is 5.97 Å². The summed E-state index contributed by atoms with van der Waals surface area (Å²) in [5, 5.41) is 0.451. The number of benzene rings is 2. The summed E-state index contributed by atoms with van der Waals surface area (Å²) >= 11 is 5.74. The monoisotopic (exact) mass is 279 g/mol. The SMILES string of the molecule is Nc1cc(Cl)ccc1C(=O)OCc1ccc(F)cc1. The average Bonchev–Trinajstić information content (AvgIpc) is 2.37. The number of nitrogen functional groups attached to an aromatic ring is 1. The van der Waals surface area contributed by atoms with Crippen LogP contribution in [0.2, 0.25) is 5.02 Å². The van der Waals surface area contributed by atoms with Crippen LogP contribution in [0.3, 0.4) is 0 Å². The van der Waals surface area contributed by atoms with Gasteiger partial charge in [-0.05, 0) is 35.9 Å². The van der Waals surface area contributed by atoms with Crippen molar-refractivity contribution in [3.8, 4) is 0 Å². The van der Waals surface area contributed by atoms with E-state index in [0.717, 1.165) is 0 Å². The number of rotatable bonds is 3. The molecule has 2 aromatic carbocycles. The van der Waals surface area contributed by atoms with E-state index in [1.165, 1.54) is 24.3 Å². The third-order valence-electron chi connectivity index (χ3n) is 2.52. The van der Waals surface area contributed by atoms with Crippen molar-refractivity contribution in [2.75, 3.05) is 5.73 Å². The van der Waals surface area contributed by atoms with Crippen molar-refractivity contribution in [3.63, 3.8) is 0 Å². The minimum atomic E-state index is -0.543. The van der Waals surface area contributed by atoms with Gasteiger partial charge < -0.3 is 10.5 Å². The first-order valence-corrected chi connectivity index (χ1v) is 5.90. The average molecular weight is 280 g/mol. The highest BCUT2D eigenvalue weighted by molar-refractivity contribution is 6.31. The Morgan fingerprint density at radius 2 is 1.89 bits per heavy atom. The first-order valence-electron chi connectivity index (χ1n) is 5.53. The molecule has 5 heteroatoms. The molecule has 3 nitrogen and oxygen atoms in total. The summed E-state index contributed by atoms with van der Waals surface area (Å²) in [6.07, 6.45) is 0. The summed E-state index contributed by atoms with van der Waals surface area (Å²) in [5.74, 6) is -0.879. The topological polar surface area (TPSA) is 52.3 Å². The van der Waals surface area contributed by atoms with Gasteiger partial charge in [0.15, 0.2) is 0 Å². The highest BCUT2D eigenvalue weighted by atomic mass is 35.5. The minimum Gasteiger partial charge on any atom is -0.457 e. The Labute approximate surface area is 114 Å². The molecule has 2 N–H and O–H groups in total. The fourth-order valence-corrected chi connectivity index (χ4v) is 1.71. The third-order valence-corrected chi connectivity index (χ3v) is 2.75. The second-order valence-electron chi connectivity index (χ2n) is 3.93. The lowest BCUT2D eigenvalue weighted by Gasteiger charge is -2.07. The summed E-state index contributed by atoms with van der Waals surface area (Å²) in [6.45, 7) is 0.0567. The zero-order chi connectivity index (χ0) is 13.8. The summed E-state index contributed by atoms with van der Waals surface area (Å²) in [4.78, 5) is 11.8. The van der Waals surface area contributed by atoms with E-state index in [1.807, 2.05) is 0 Å². The van der Waals surface area contributed by atoms with Gasteiger partial charge in [0.25, 0.3) is 0 Å². The quantitative estimate of drug-likeness (QED) is 0.692. The largest absolute Gasteiger partial charge is 0.457 e. The number of halogens is 2. The first-order chi connectivity index (χ1) is 9.06. The second kappa shape index (κ2) is 5.71. The fraction of sp³-hybridized carbons (Fsp3) is 0.0714. The van der Waals surface area contributed by atoms with Crippen molar-refractivity contribution in [2.24, 2.45) is 0 Å². The van der Waals surface area contributed by atoms with Crippen LogP contribution in [0.25, 0.3) is 0 Å². The summed E-state index contributed by atoms with van der Waals surface area (Å²) in [5.41, 5.74) is 6.89. The van der Waals surface area contributed by atoms with Crippen LogP contribution in [0, 0.1) is 5.82 Å². The lowest BCUT2D eigenvalue weighted by atomic mass is 10.2. The number of hydrogen-bond donors (Lipinski definition) is 1. The molecule has 0 amide bonds. The van der Waals surface area contributed by atoms with Crippen molar-refractivity contribution >= 4 is 23.3 Å². The highest BCUT2D eigenvalue weighted by Gasteiger charge is 2.11. The van der Waals surface area contributed by atoms with E-state index in [0.29, 0.717) is 10.6 Å². The molecule has 2 rings (SSSR count). The van der Waals surface area contributed by atoms with Gasteiger partial charge in [-0.15, -0.1) is 0 Å². The molecule has 0 saturated carbocycles. The molecule has 0 atom stereocenters. The number of hydrogen-bond acceptors (Lipinski definition) is 3. The van der Waals surface area contributed by atoms with Crippen LogP contribution in [0.1, 0.15) is 15.9 Å². The number of nitrogens with two attached hydrogens (primary N) is 1. The van der Waals surface area contributed by atoms with Gasteiger partial charge in [-0.2, -0.15) is 0 Å². The van der Waals surface area contributed by atoms with Crippen molar-refractivity contribution in [3.05, 3.63) is 64.4 Å². The molecular weight excluding hydrogens is 269 g/mol. The van der Waals surface area contributed by atoms with Crippen LogP contribution in [0.15, 0.2) is 42.5 Å². The molecule has 0 bridgehead atoms. The maximum atomic E-state index is 12.7. The van der Waals surface area contributed by atoms with Crippen molar-refractivity contribution in [1.29, 1.82) is 0 Å². The molecule has 0 aliphatic carbocycles. The predicted molar refractivity (Wildman–Crippen MR) is 71.4 cm³/mol. The Morgan fingerprint density at radius 1 is 1.21 bits per heavy atom. The van der Waals surface area contributed by atoms with E-state index < -0.39 is 5.97 Å². The number of carbonyl (C=O) groups excluding carboxylic acids is 1. The highest BCUT2D eigenvalue weighted by Crippen LogP contribution is 2.19. The van der Waals surface area contributed by atoms with Gasteiger partial charge in [0, 0.05) is 10.7 Å². The number of anilines is 1. The third kappa shape index (κ3) is 3.45. The molecule has 19 heavy (non-hydrogen) atoms. The first kappa shape index (κ1) is 13.4. The van der Waals surface area contributed by atoms with Crippen molar-refractivity contribution in [1.82, 2.24) is 0 Å². The van der Waals surface area contributed by atoms with Gasteiger partial charge in [0.1, 0.15) is 12.4 Å². The predicted octanol–water partition coefficient (Wildman–Crippen LogP) is 3.42. The van der Waals surface area contributed by atoms with E-state index in [1.54, 1.807) is 18.2 Å². The molecule has 0 heterocycles. The summed E-state index contributed by atoms with van der Waals surface area (Å²) in [7, 11) is 0. The number of ether oxygens (including phenoxy) is 1. The molecule has 0 radical (unpaired) electrons. The van der Waals surface area contributed by atoms with Crippen LogP contribution in [-0.2, 0) is 11.3 Å². The normalized spacial score (nSPS) is 10.2. The van der Waals surface area contributed by atoms with Gasteiger partial charge in [-0.25, -0.2) is 9.18 Å². The van der Waals surface area contributed by atoms with Gasteiger partial charge in [-0.1, -0.05) is 23.7 Å². The van der Waals surface area contributed by atoms with Crippen LogP contribution in [0.5, 0.6) is 0 Å². The molecule has 0 aliphatic heterocycles. The van der Waals surface area contributed by atoms with Crippen molar-refractivity contribution in [2.45, 2.75) is 6.61 Å². The summed E-state index contributed by atoms with van der Waals surface area (Å²) in [6, 6.07) is 10.3. The van der Waals surface area contributed by atoms with E-state index in [4.69, 9.17) is 22.1 Å². The minimum absolute atomic E-state index is 0.0567. The maximum Gasteiger partial charge on any atom is 0.340 e.